The van der Waals surface area contributed by atoms with Gasteiger partial charge in [-0.25, -0.2) is 9.97 Å². The first-order valence-electron chi connectivity index (χ1n) is 7.18. The van der Waals surface area contributed by atoms with Crippen molar-refractivity contribution in [3.05, 3.63) is 47.9 Å². The van der Waals surface area contributed by atoms with Crippen LogP contribution in [0.1, 0.15) is 23.0 Å². The van der Waals surface area contributed by atoms with Crippen molar-refractivity contribution in [2.45, 2.75) is 13.3 Å². The Morgan fingerprint density at radius 1 is 1.27 bits per heavy atom. The summed E-state index contributed by atoms with van der Waals surface area (Å²) in [5, 5.41) is 5.96. The number of amides is 1. The molecule has 116 valence electrons. The second-order valence-electron chi connectivity index (χ2n) is 4.67. The van der Waals surface area contributed by atoms with Crippen molar-refractivity contribution in [3.63, 3.8) is 0 Å². The largest absolute Gasteiger partial charge is 0.383 e. The topological polar surface area (TPSA) is 76.1 Å². The average molecular weight is 300 g/mol. The monoisotopic (exact) mass is 300 g/mol. The molecule has 0 aliphatic heterocycles. The quantitative estimate of drug-likeness (QED) is 0.766. The van der Waals surface area contributed by atoms with Crippen LogP contribution in [0.3, 0.4) is 0 Å². The van der Waals surface area contributed by atoms with E-state index in [2.05, 4.69) is 33.6 Å². The summed E-state index contributed by atoms with van der Waals surface area (Å²) in [6.07, 6.45) is 2.29. The normalized spacial score (nSPS) is 10.3. The minimum absolute atomic E-state index is 0.244. The Morgan fingerprint density at radius 2 is 2.09 bits per heavy atom. The van der Waals surface area contributed by atoms with E-state index in [0.29, 0.717) is 24.7 Å². The molecule has 0 spiro atoms. The zero-order chi connectivity index (χ0) is 15.8. The van der Waals surface area contributed by atoms with Crippen LogP contribution in [0, 0.1) is 0 Å². The number of carbonyl (C=O) groups excluding carboxylic acids is 1. The standard InChI is InChI=1S/C16H20N4O2/c1-3-12-6-4-5-7-13(12)20-15-10-14(18-11-19-15)16(21)17-8-9-22-2/h4-7,10-11H,3,8-9H2,1-2H3,(H,17,21)(H,18,19,20). The molecule has 0 bridgehead atoms. The number of hydrogen-bond donors (Lipinski definition) is 2. The minimum Gasteiger partial charge on any atom is -0.383 e. The molecule has 0 saturated heterocycles. The molecule has 0 unspecified atom stereocenters. The van der Waals surface area contributed by atoms with Gasteiger partial charge >= 0.3 is 0 Å². The fourth-order valence-corrected chi connectivity index (χ4v) is 2.00. The Kier molecular flexibility index (Phi) is 5.85. The lowest BCUT2D eigenvalue weighted by atomic mass is 10.1. The van der Waals surface area contributed by atoms with E-state index in [-0.39, 0.29) is 5.91 Å². The highest BCUT2D eigenvalue weighted by molar-refractivity contribution is 5.92. The van der Waals surface area contributed by atoms with Crippen LogP contribution in [-0.4, -0.2) is 36.1 Å². The van der Waals surface area contributed by atoms with E-state index in [9.17, 15) is 4.79 Å². The number of aryl methyl sites for hydroxylation is 1. The summed E-state index contributed by atoms with van der Waals surface area (Å²) in [5.41, 5.74) is 2.49. The van der Waals surface area contributed by atoms with Gasteiger partial charge in [0.05, 0.1) is 6.61 Å². The first kappa shape index (κ1) is 15.9. The Hall–Kier alpha value is -2.47. The Labute approximate surface area is 129 Å². The van der Waals surface area contributed by atoms with Crippen molar-refractivity contribution in [3.8, 4) is 0 Å². The predicted molar refractivity (Wildman–Crippen MR) is 85.3 cm³/mol. The number of para-hydroxylation sites is 1. The third kappa shape index (κ3) is 4.26. The molecular weight excluding hydrogens is 280 g/mol. The van der Waals surface area contributed by atoms with Gasteiger partial charge in [-0.2, -0.15) is 0 Å². The molecule has 0 saturated carbocycles. The highest BCUT2D eigenvalue weighted by Gasteiger charge is 2.09. The van der Waals surface area contributed by atoms with Crippen molar-refractivity contribution in [1.82, 2.24) is 15.3 Å². The Morgan fingerprint density at radius 3 is 2.86 bits per heavy atom. The number of carbonyl (C=O) groups is 1. The molecular formula is C16H20N4O2. The van der Waals surface area contributed by atoms with Crippen molar-refractivity contribution in [1.29, 1.82) is 0 Å². The van der Waals surface area contributed by atoms with Crippen molar-refractivity contribution >= 4 is 17.4 Å². The summed E-state index contributed by atoms with van der Waals surface area (Å²) in [6, 6.07) is 9.63. The van der Waals surface area contributed by atoms with Gasteiger partial charge in [-0.15, -0.1) is 0 Å². The van der Waals surface area contributed by atoms with Gasteiger partial charge in [-0.3, -0.25) is 4.79 Å². The van der Waals surface area contributed by atoms with Crippen LogP contribution in [0.25, 0.3) is 0 Å². The number of hydrogen-bond acceptors (Lipinski definition) is 5. The number of anilines is 2. The van der Waals surface area contributed by atoms with Crippen molar-refractivity contribution in [2.75, 3.05) is 25.6 Å². The summed E-state index contributed by atoms with van der Waals surface area (Å²) in [4.78, 5) is 20.1. The summed E-state index contributed by atoms with van der Waals surface area (Å²) in [5.74, 6) is 0.346. The fraction of sp³-hybridized carbons (Fsp3) is 0.312. The molecule has 1 amide bonds. The smallest absolute Gasteiger partial charge is 0.270 e. The second-order valence-corrected chi connectivity index (χ2v) is 4.67. The van der Waals surface area contributed by atoms with Crippen LogP contribution < -0.4 is 10.6 Å². The molecule has 0 radical (unpaired) electrons. The third-order valence-corrected chi connectivity index (χ3v) is 3.15. The number of nitrogens with one attached hydrogen (secondary N) is 2. The molecule has 0 aliphatic carbocycles. The van der Waals surface area contributed by atoms with Gasteiger partial charge in [0.2, 0.25) is 0 Å². The molecule has 0 aliphatic rings. The number of aromatic nitrogens is 2. The summed E-state index contributed by atoms with van der Waals surface area (Å²) in [7, 11) is 1.59. The maximum absolute atomic E-state index is 12.0. The van der Waals surface area contributed by atoms with Gasteiger partial charge in [0.15, 0.2) is 0 Å². The van der Waals surface area contributed by atoms with Crippen molar-refractivity contribution in [2.24, 2.45) is 0 Å². The SMILES string of the molecule is CCc1ccccc1Nc1cc(C(=O)NCCOC)ncn1. The number of rotatable bonds is 7. The predicted octanol–water partition coefficient (Wildman–Crippen LogP) is 2.16. The van der Waals surface area contributed by atoms with Crippen LogP contribution in [0.2, 0.25) is 0 Å². The van der Waals surface area contributed by atoms with Crippen molar-refractivity contribution < 1.29 is 9.53 Å². The average Bonchev–Trinajstić information content (AvgIpc) is 2.56. The van der Waals surface area contributed by atoms with E-state index in [1.165, 1.54) is 11.9 Å². The molecule has 22 heavy (non-hydrogen) atoms. The Balaban J connectivity index is 2.09. The van der Waals surface area contributed by atoms with E-state index in [1.54, 1.807) is 13.2 Å². The van der Waals surface area contributed by atoms with E-state index in [4.69, 9.17) is 4.74 Å². The molecule has 1 aromatic heterocycles. The highest BCUT2D eigenvalue weighted by atomic mass is 16.5. The van der Waals surface area contributed by atoms with Gasteiger partial charge < -0.3 is 15.4 Å². The molecule has 2 aromatic rings. The van der Waals surface area contributed by atoms with Gasteiger partial charge in [-0.1, -0.05) is 25.1 Å². The molecule has 6 heteroatoms. The maximum atomic E-state index is 12.0. The lowest BCUT2D eigenvalue weighted by Gasteiger charge is -2.10. The van der Waals surface area contributed by atoms with Crippen LogP contribution in [0.4, 0.5) is 11.5 Å². The van der Waals surface area contributed by atoms with Crippen LogP contribution >= 0.6 is 0 Å². The lowest BCUT2D eigenvalue weighted by molar-refractivity contribution is 0.0932. The fourth-order valence-electron chi connectivity index (χ4n) is 2.00. The highest BCUT2D eigenvalue weighted by Crippen LogP contribution is 2.19. The number of benzene rings is 1. The molecule has 2 rings (SSSR count). The van der Waals surface area contributed by atoms with E-state index >= 15 is 0 Å². The van der Waals surface area contributed by atoms with Crippen LogP contribution in [0.15, 0.2) is 36.7 Å². The number of methoxy groups -OCH3 is 1. The van der Waals surface area contributed by atoms with E-state index in [0.717, 1.165) is 12.1 Å². The molecule has 1 aromatic carbocycles. The summed E-state index contributed by atoms with van der Waals surface area (Å²) >= 11 is 0. The minimum atomic E-state index is -0.244. The van der Waals surface area contributed by atoms with Crippen LogP contribution in [-0.2, 0) is 11.2 Å². The molecule has 0 fully saturated rings. The first-order valence-corrected chi connectivity index (χ1v) is 7.18. The maximum Gasteiger partial charge on any atom is 0.270 e. The molecule has 2 N–H and O–H groups in total. The van der Waals surface area contributed by atoms with Gasteiger partial charge in [-0.05, 0) is 18.1 Å². The molecule has 0 atom stereocenters. The molecule has 6 nitrogen and oxygen atoms in total. The van der Waals surface area contributed by atoms with Gasteiger partial charge in [0, 0.05) is 25.4 Å². The Bertz CT molecular complexity index is 631. The van der Waals surface area contributed by atoms with Crippen LogP contribution in [0.5, 0.6) is 0 Å². The zero-order valence-electron chi connectivity index (χ0n) is 12.8. The molecule has 1 heterocycles. The van der Waals surface area contributed by atoms with E-state index < -0.39 is 0 Å². The van der Waals surface area contributed by atoms with E-state index in [1.807, 2.05) is 18.2 Å². The number of nitrogens with zero attached hydrogens (tertiary/aromatic N) is 2. The zero-order valence-corrected chi connectivity index (χ0v) is 12.8. The first-order chi connectivity index (χ1) is 10.7. The summed E-state index contributed by atoms with van der Waals surface area (Å²) < 4.78 is 4.90. The third-order valence-electron chi connectivity index (χ3n) is 3.15. The van der Waals surface area contributed by atoms with Gasteiger partial charge in [0.25, 0.3) is 5.91 Å². The van der Waals surface area contributed by atoms with Gasteiger partial charge in [0.1, 0.15) is 17.8 Å². The second kappa shape index (κ2) is 8.09. The lowest BCUT2D eigenvalue weighted by Crippen LogP contribution is -2.27. The summed E-state index contributed by atoms with van der Waals surface area (Å²) in [6.45, 7) is 3.00. The number of ether oxygens (including phenoxy) is 1.